The second-order valence-electron chi connectivity index (χ2n) is 10.6. The number of carbonyl (C=O) groups excluding carboxylic acids is 1. The number of aliphatic carboxylic acids is 1. The van der Waals surface area contributed by atoms with Crippen LogP contribution in [0.15, 0.2) is 83.8 Å². The van der Waals surface area contributed by atoms with Gasteiger partial charge in [0.2, 0.25) is 10.0 Å². The van der Waals surface area contributed by atoms with Crippen LogP contribution < -0.4 is 14.9 Å². The Morgan fingerprint density at radius 1 is 1.00 bits per heavy atom. The fourth-order valence-corrected chi connectivity index (χ4v) is 6.36. The third-order valence-electron chi connectivity index (χ3n) is 7.43. The van der Waals surface area contributed by atoms with E-state index in [2.05, 4.69) is 14.9 Å². The van der Waals surface area contributed by atoms with Crippen molar-refractivity contribution in [1.29, 1.82) is 0 Å². The van der Waals surface area contributed by atoms with Crippen LogP contribution in [0, 0.1) is 5.92 Å². The standard InChI is InChI=1S/C31H37ClN4O5S/c1-23(30(37)38)34-42(40,41)29-14-8-24(9-15-29)22-25-16-20-35(21-17-25)18-5-19-36(28-6-3-2-4-7-28)31(39)33-27-12-10-26(32)11-13-27/h2-4,6-15,23,25,34H,5,16-22H2,1H3,(H,33,39)(H,37,38). The van der Waals surface area contributed by atoms with Gasteiger partial charge in [0.15, 0.2) is 0 Å². The lowest BCUT2D eigenvalue weighted by Gasteiger charge is -2.32. The van der Waals surface area contributed by atoms with Crippen LogP contribution in [0.1, 0.15) is 31.7 Å². The number of sulfonamides is 1. The van der Waals surface area contributed by atoms with Crippen molar-refractivity contribution in [1.82, 2.24) is 9.62 Å². The molecule has 0 aliphatic carbocycles. The average Bonchev–Trinajstić information content (AvgIpc) is 2.98. The minimum atomic E-state index is -3.89. The predicted octanol–water partition coefficient (Wildman–Crippen LogP) is 5.47. The normalized spacial score (nSPS) is 15.2. The maximum absolute atomic E-state index is 13.2. The van der Waals surface area contributed by atoms with E-state index in [0.29, 0.717) is 23.2 Å². The Kier molecular flexibility index (Phi) is 11.0. The quantitative estimate of drug-likeness (QED) is 0.249. The highest BCUT2D eigenvalue weighted by Gasteiger charge is 2.23. The molecular formula is C31H37ClN4O5S. The van der Waals surface area contributed by atoms with Crippen LogP contribution in [0.25, 0.3) is 0 Å². The number of hydrogen-bond acceptors (Lipinski definition) is 5. The molecule has 3 aromatic carbocycles. The van der Waals surface area contributed by atoms with E-state index in [1.807, 2.05) is 30.3 Å². The van der Waals surface area contributed by atoms with Gasteiger partial charge in [-0.15, -0.1) is 0 Å². The van der Waals surface area contributed by atoms with Crippen LogP contribution in [0.3, 0.4) is 0 Å². The second kappa shape index (κ2) is 14.6. The molecule has 0 aromatic heterocycles. The number of likely N-dealkylation sites (tertiary alicyclic amines) is 1. The topological polar surface area (TPSA) is 119 Å². The number of carboxylic acid groups (broad SMARTS) is 1. The van der Waals surface area contributed by atoms with E-state index in [-0.39, 0.29) is 10.9 Å². The number of nitrogens with one attached hydrogen (secondary N) is 2. The van der Waals surface area contributed by atoms with E-state index in [4.69, 9.17) is 16.7 Å². The molecule has 1 unspecified atom stereocenters. The number of nitrogens with zero attached hydrogens (tertiary/aromatic N) is 2. The van der Waals surface area contributed by atoms with E-state index >= 15 is 0 Å². The summed E-state index contributed by atoms with van der Waals surface area (Å²) >= 11 is 5.98. The Hall–Kier alpha value is -3.44. The van der Waals surface area contributed by atoms with Gasteiger partial charge < -0.3 is 15.3 Å². The van der Waals surface area contributed by atoms with Crippen molar-refractivity contribution in [2.75, 3.05) is 36.4 Å². The molecule has 11 heteroatoms. The van der Waals surface area contributed by atoms with E-state index in [1.165, 1.54) is 19.1 Å². The Balaban J connectivity index is 1.24. The molecule has 9 nitrogen and oxygen atoms in total. The van der Waals surface area contributed by atoms with Crippen molar-refractivity contribution in [2.24, 2.45) is 5.92 Å². The monoisotopic (exact) mass is 612 g/mol. The predicted molar refractivity (Wildman–Crippen MR) is 166 cm³/mol. The number of urea groups is 1. The summed E-state index contributed by atoms with van der Waals surface area (Å²) in [6, 6.07) is 22.0. The molecule has 1 heterocycles. The van der Waals surface area contributed by atoms with E-state index < -0.39 is 22.0 Å². The molecule has 224 valence electrons. The lowest BCUT2D eigenvalue weighted by atomic mass is 9.90. The van der Waals surface area contributed by atoms with Crippen molar-refractivity contribution in [2.45, 2.75) is 43.5 Å². The highest BCUT2D eigenvalue weighted by molar-refractivity contribution is 7.89. The minimum Gasteiger partial charge on any atom is -0.480 e. The number of anilines is 2. The number of amides is 2. The first-order valence-electron chi connectivity index (χ1n) is 14.1. The summed E-state index contributed by atoms with van der Waals surface area (Å²) in [6.45, 7) is 4.70. The molecule has 3 N–H and O–H groups in total. The molecule has 0 spiro atoms. The highest BCUT2D eigenvalue weighted by atomic mass is 35.5. The van der Waals surface area contributed by atoms with Crippen molar-refractivity contribution >= 4 is 45.0 Å². The first kappa shape index (κ1) is 31.5. The molecular weight excluding hydrogens is 576 g/mol. The second-order valence-corrected chi connectivity index (χ2v) is 12.7. The Morgan fingerprint density at radius 3 is 2.26 bits per heavy atom. The number of carboxylic acids is 1. The molecule has 0 radical (unpaired) electrons. The highest BCUT2D eigenvalue weighted by Crippen LogP contribution is 2.24. The van der Waals surface area contributed by atoms with Crippen molar-refractivity contribution in [3.05, 3.63) is 89.4 Å². The van der Waals surface area contributed by atoms with Gasteiger partial charge in [-0.05, 0) is 112 Å². The van der Waals surface area contributed by atoms with Gasteiger partial charge in [-0.1, -0.05) is 41.9 Å². The number of halogens is 1. The van der Waals surface area contributed by atoms with Crippen LogP contribution in [0.5, 0.6) is 0 Å². The number of para-hydroxylation sites is 1. The van der Waals surface area contributed by atoms with Crippen LogP contribution >= 0.6 is 11.6 Å². The van der Waals surface area contributed by atoms with Gasteiger partial charge in [0.05, 0.1) is 4.90 Å². The summed E-state index contributed by atoms with van der Waals surface area (Å²) < 4.78 is 27.0. The van der Waals surface area contributed by atoms with Crippen LogP contribution in [-0.2, 0) is 21.2 Å². The summed E-state index contributed by atoms with van der Waals surface area (Å²) in [4.78, 5) is 28.4. The largest absolute Gasteiger partial charge is 0.480 e. The van der Waals surface area contributed by atoms with E-state index in [1.54, 1.807) is 41.3 Å². The molecule has 1 atom stereocenters. The zero-order valence-electron chi connectivity index (χ0n) is 23.6. The average molecular weight is 613 g/mol. The molecule has 4 rings (SSSR count). The van der Waals surface area contributed by atoms with Crippen molar-refractivity contribution in [3.63, 3.8) is 0 Å². The Morgan fingerprint density at radius 2 is 1.64 bits per heavy atom. The van der Waals surface area contributed by atoms with Gasteiger partial charge in [0.1, 0.15) is 6.04 Å². The fraction of sp³-hybridized carbons (Fsp3) is 0.355. The summed E-state index contributed by atoms with van der Waals surface area (Å²) in [5, 5.41) is 12.6. The maximum atomic E-state index is 13.2. The summed E-state index contributed by atoms with van der Waals surface area (Å²) in [6.07, 6.45) is 3.77. The molecule has 2 amide bonds. The van der Waals surface area contributed by atoms with Crippen molar-refractivity contribution < 1.29 is 23.1 Å². The van der Waals surface area contributed by atoms with E-state index in [9.17, 15) is 18.0 Å². The smallest absolute Gasteiger partial charge is 0.326 e. The molecule has 1 saturated heterocycles. The van der Waals surface area contributed by atoms with Crippen LogP contribution in [0.2, 0.25) is 5.02 Å². The minimum absolute atomic E-state index is 0.0561. The lowest BCUT2D eigenvalue weighted by Crippen LogP contribution is -2.39. The van der Waals surface area contributed by atoms with Gasteiger partial charge in [0.25, 0.3) is 0 Å². The number of carbonyl (C=O) groups is 2. The van der Waals surface area contributed by atoms with Gasteiger partial charge >= 0.3 is 12.0 Å². The molecule has 1 aliphatic heterocycles. The number of hydrogen-bond donors (Lipinski definition) is 3. The number of piperidine rings is 1. The molecule has 1 fully saturated rings. The molecule has 0 bridgehead atoms. The lowest BCUT2D eigenvalue weighted by molar-refractivity contribution is -0.138. The van der Waals surface area contributed by atoms with Gasteiger partial charge in [-0.2, -0.15) is 4.72 Å². The molecule has 3 aromatic rings. The molecule has 42 heavy (non-hydrogen) atoms. The van der Waals surface area contributed by atoms with Gasteiger partial charge in [-0.25, -0.2) is 13.2 Å². The third-order valence-corrected chi connectivity index (χ3v) is 9.24. The SMILES string of the molecule is CC(NS(=O)(=O)c1ccc(CC2CCN(CCCN(C(=O)Nc3ccc(Cl)cc3)c3ccccc3)CC2)cc1)C(=O)O. The fourth-order valence-electron chi connectivity index (χ4n) is 5.04. The van der Waals surface area contributed by atoms with Crippen LogP contribution in [-0.4, -0.2) is 62.6 Å². The first-order valence-corrected chi connectivity index (χ1v) is 15.9. The summed E-state index contributed by atoms with van der Waals surface area (Å²) in [5.74, 6) is -0.727. The summed E-state index contributed by atoms with van der Waals surface area (Å²) in [7, 11) is -3.89. The third kappa shape index (κ3) is 9.03. The zero-order chi connectivity index (χ0) is 30.1. The van der Waals surface area contributed by atoms with Gasteiger partial charge in [0, 0.05) is 22.9 Å². The Bertz CT molecular complexity index is 1430. The zero-order valence-corrected chi connectivity index (χ0v) is 25.2. The van der Waals surface area contributed by atoms with Gasteiger partial charge in [-0.3, -0.25) is 9.69 Å². The van der Waals surface area contributed by atoms with Crippen molar-refractivity contribution in [3.8, 4) is 0 Å². The summed E-state index contributed by atoms with van der Waals surface area (Å²) in [5.41, 5.74) is 2.59. The molecule has 0 saturated carbocycles. The molecule has 1 aliphatic rings. The Labute approximate surface area is 252 Å². The first-order chi connectivity index (χ1) is 20.1. The maximum Gasteiger partial charge on any atom is 0.326 e. The number of benzene rings is 3. The van der Waals surface area contributed by atoms with E-state index in [0.717, 1.165) is 56.6 Å². The van der Waals surface area contributed by atoms with Crippen LogP contribution in [0.4, 0.5) is 16.2 Å². The number of rotatable bonds is 12.